The summed E-state index contributed by atoms with van der Waals surface area (Å²) in [6, 6.07) is 6.84. The summed E-state index contributed by atoms with van der Waals surface area (Å²) in [5, 5.41) is 0. The smallest absolute Gasteiger partial charge is 0.243 e. The number of benzene rings is 1. The Morgan fingerprint density at radius 2 is 1.70 bits per heavy atom. The molecule has 0 aliphatic carbocycles. The Hall–Kier alpha value is -1.07. The lowest BCUT2D eigenvalue weighted by Gasteiger charge is -2.34. The molecule has 5 heteroatoms. The first-order valence-corrected chi connectivity index (χ1v) is 10.1. The predicted octanol–water partition coefficient (Wildman–Crippen LogP) is 3.92. The first-order valence-electron chi connectivity index (χ1n) is 8.66. The van der Waals surface area contributed by atoms with Crippen molar-refractivity contribution in [2.75, 3.05) is 19.7 Å². The molecule has 0 aromatic heterocycles. The molecule has 0 bridgehead atoms. The highest BCUT2D eigenvalue weighted by atomic mass is 32.2. The van der Waals surface area contributed by atoms with Crippen LogP contribution in [0.15, 0.2) is 29.2 Å². The van der Waals surface area contributed by atoms with E-state index in [1.54, 1.807) is 28.6 Å². The van der Waals surface area contributed by atoms with E-state index in [1.165, 1.54) is 0 Å². The molecule has 0 saturated carbocycles. The van der Waals surface area contributed by atoms with Gasteiger partial charge in [-0.3, -0.25) is 0 Å². The molecule has 2 atom stereocenters. The highest BCUT2D eigenvalue weighted by Crippen LogP contribution is 2.27. The van der Waals surface area contributed by atoms with E-state index in [4.69, 9.17) is 4.74 Å². The van der Waals surface area contributed by atoms with Gasteiger partial charge in [0.05, 0.1) is 11.5 Å². The minimum absolute atomic E-state index is 0.361. The molecule has 1 fully saturated rings. The van der Waals surface area contributed by atoms with Crippen molar-refractivity contribution < 1.29 is 13.2 Å². The second-order valence-corrected chi connectivity index (χ2v) is 8.73. The largest absolute Gasteiger partial charge is 0.494 e. The van der Waals surface area contributed by atoms with Gasteiger partial charge in [0.2, 0.25) is 10.0 Å². The predicted molar refractivity (Wildman–Crippen MR) is 93.2 cm³/mol. The van der Waals surface area contributed by atoms with Crippen molar-refractivity contribution in [3.8, 4) is 5.75 Å². The number of hydrogen-bond acceptors (Lipinski definition) is 3. The van der Waals surface area contributed by atoms with Crippen LogP contribution in [0.4, 0.5) is 0 Å². The Bertz CT molecular complexity index is 573. The summed E-state index contributed by atoms with van der Waals surface area (Å²) in [6.45, 7) is 8.30. The zero-order valence-electron chi connectivity index (χ0n) is 14.5. The summed E-state index contributed by atoms with van der Waals surface area (Å²) >= 11 is 0. The van der Waals surface area contributed by atoms with Crippen molar-refractivity contribution in [2.24, 2.45) is 11.8 Å². The fourth-order valence-corrected chi connectivity index (χ4v) is 4.88. The first-order chi connectivity index (χ1) is 10.9. The van der Waals surface area contributed by atoms with Gasteiger partial charge in [0.1, 0.15) is 5.75 Å². The molecule has 1 aromatic carbocycles. The molecule has 23 heavy (non-hydrogen) atoms. The van der Waals surface area contributed by atoms with Crippen LogP contribution in [0.25, 0.3) is 0 Å². The molecule has 1 saturated heterocycles. The van der Waals surface area contributed by atoms with Crippen LogP contribution >= 0.6 is 0 Å². The van der Waals surface area contributed by atoms with Crippen molar-refractivity contribution >= 4 is 10.0 Å². The third-order valence-electron chi connectivity index (χ3n) is 4.31. The minimum atomic E-state index is -3.40. The molecule has 0 unspecified atom stereocenters. The van der Waals surface area contributed by atoms with E-state index in [2.05, 4.69) is 20.8 Å². The molecule has 0 spiro atoms. The van der Waals surface area contributed by atoms with Gasteiger partial charge >= 0.3 is 0 Å². The maximum Gasteiger partial charge on any atom is 0.243 e. The third kappa shape index (κ3) is 4.95. The van der Waals surface area contributed by atoms with Gasteiger partial charge in [0, 0.05) is 13.1 Å². The van der Waals surface area contributed by atoms with Crippen molar-refractivity contribution in [2.45, 2.75) is 51.3 Å². The number of unbranched alkanes of at least 4 members (excludes halogenated alkanes) is 2. The van der Waals surface area contributed by atoms with Gasteiger partial charge < -0.3 is 4.74 Å². The maximum atomic E-state index is 12.8. The number of ether oxygens (including phenoxy) is 1. The molecule has 1 heterocycles. The number of rotatable bonds is 7. The van der Waals surface area contributed by atoms with Gasteiger partial charge in [-0.05, 0) is 48.9 Å². The number of piperidine rings is 1. The van der Waals surface area contributed by atoms with Gasteiger partial charge in [0.25, 0.3) is 0 Å². The zero-order valence-corrected chi connectivity index (χ0v) is 15.3. The Balaban J connectivity index is 2.02. The van der Waals surface area contributed by atoms with E-state index >= 15 is 0 Å². The van der Waals surface area contributed by atoms with Crippen LogP contribution in [0.3, 0.4) is 0 Å². The standard InChI is InChI=1S/C18H29NO3S/c1-4-5-6-11-22-17-7-9-18(10-8-17)23(20,21)19-13-15(2)12-16(3)14-19/h7-10,15-16H,4-6,11-14H2,1-3H3/t15-,16-/m0/s1. The van der Waals surface area contributed by atoms with Crippen LogP contribution in [0.5, 0.6) is 5.75 Å². The molecule has 130 valence electrons. The minimum Gasteiger partial charge on any atom is -0.494 e. The number of nitrogens with zero attached hydrogens (tertiary/aromatic N) is 1. The molecule has 2 rings (SSSR count). The second-order valence-electron chi connectivity index (χ2n) is 6.80. The van der Waals surface area contributed by atoms with Gasteiger partial charge in [-0.2, -0.15) is 4.31 Å². The van der Waals surface area contributed by atoms with Crippen LogP contribution in [-0.4, -0.2) is 32.4 Å². The van der Waals surface area contributed by atoms with E-state index < -0.39 is 10.0 Å². The molecular formula is C18H29NO3S. The second kappa shape index (κ2) is 8.15. The highest BCUT2D eigenvalue weighted by Gasteiger charge is 2.31. The maximum absolute atomic E-state index is 12.8. The summed E-state index contributed by atoms with van der Waals surface area (Å²) in [4.78, 5) is 0.361. The van der Waals surface area contributed by atoms with Crippen molar-refractivity contribution in [3.05, 3.63) is 24.3 Å². The Morgan fingerprint density at radius 1 is 1.09 bits per heavy atom. The van der Waals surface area contributed by atoms with Gasteiger partial charge in [0.15, 0.2) is 0 Å². The Morgan fingerprint density at radius 3 is 2.26 bits per heavy atom. The lowest BCUT2D eigenvalue weighted by molar-refractivity contribution is 0.222. The average molecular weight is 340 g/mol. The summed E-state index contributed by atoms with van der Waals surface area (Å²) in [5.41, 5.74) is 0. The van der Waals surface area contributed by atoms with Crippen molar-refractivity contribution in [1.82, 2.24) is 4.31 Å². The Kier molecular flexibility index (Phi) is 6.48. The lowest BCUT2D eigenvalue weighted by Crippen LogP contribution is -2.42. The number of hydrogen-bond donors (Lipinski definition) is 0. The van der Waals surface area contributed by atoms with E-state index in [1.807, 2.05) is 0 Å². The molecule has 0 radical (unpaired) electrons. The van der Waals surface area contributed by atoms with Crippen LogP contribution in [0.1, 0.15) is 46.5 Å². The van der Waals surface area contributed by atoms with Crippen LogP contribution in [0.2, 0.25) is 0 Å². The van der Waals surface area contributed by atoms with Crippen LogP contribution in [0, 0.1) is 11.8 Å². The van der Waals surface area contributed by atoms with Crippen LogP contribution < -0.4 is 4.74 Å². The van der Waals surface area contributed by atoms with Gasteiger partial charge in [-0.15, -0.1) is 0 Å². The van der Waals surface area contributed by atoms with Crippen molar-refractivity contribution in [3.63, 3.8) is 0 Å². The summed E-state index contributed by atoms with van der Waals surface area (Å²) < 4.78 is 32.8. The third-order valence-corrected chi connectivity index (χ3v) is 6.16. The van der Waals surface area contributed by atoms with E-state index in [9.17, 15) is 8.42 Å². The molecule has 0 amide bonds. The van der Waals surface area contributed by atoms with E-state index in [0.29, 0.717) is 36.4 Å². The van der Waals surface area contributed by atoms with Crippen molar-refractivity contribution in [1.29, 1.82) is 0 Å². The summed E-state index contributed by atoms with van der Waals surface area (Å²) in [7, 11) is -3.40. The summed E-state index contributed by atoms with van der Waals surface area (Å²) in [5.74, 6) is 1.56. The number of sulfonamides is 1. The van der Waals surface area contributed by atoms with Gasteiger partial charge in [-0.1, -0.05) is 33.6 Å². The molecule has 1 aliphatic heterocycles. The zero-order chi connectivity index (χ0) is 16.9. The topological polar surface area (TPSA) is 46.6 Å². The normalized spacial score (nSPS) is 22.9. The monoisotopic (exact) mass is 339 g/mol. The SMILES string of the molecule is CCCCCOc1ccc(S(=O)(=O)N2C[C@@H](C)C[C@H](C)C2)cc1. The molecule has 1 aromatic rings. The lowest BCUT2D eigenvalue weighted by atomic mass is 9.94. The van der Waals surface area contributed by atoms with E-state index in [0.717, 1.165) is 31.4 Å². The average Bonchev–Trinajstić information content (AvgIpc) is 2.51. The molecule has 0 N–H and O–H groups in total. The fourth-order valence-electron chi connectivity index (χ4n) is 3.20. The fraction of sp³-hybridized carbons (Fsp3) is 0.667. The van der Waals surface area contributed by atoms with Crippen LogP contribution in [-0.2, 0) is 10.0 Å². The molecule has 1 aliphatic rings. The summed E-state index contributed by atoms with van der Waals surface area (Å²) in [6.07, 6.45) is 4.43. The highest BCUT2D eigenvalue weighted by molar-refractivity contribution is 7.89. The van der Waals surface area contributed by atoms with Gasteiger partial charge in [-0.25, -0.2) is 8.42 Å². The first kappa shape index (κ1) is 18.3. The quantitative estimate of drug-likeness (QED) is 0.707. The Labute approximate surface area is 140 Å². The molecule has 4 nitrogen and oxygen atoms in total. The van der Waals surface area contributed by atoms with E-state index in [-0.39, 0.29) is 0 Å². The molecular weight excluding hydrogens is 310 g/mol.